The summed E-state index contributed by atoms with van der Waals surface area (Å²) in [5.74, 6) is 5.16. The van der Waals surface area contributed by atoms with Crippen molar-refractivity contribution >= 4 is 29.0 Å². The van der Waals surface area contributed by atoms with Gasteiger partial charge in [-0.25, -0.2) is 0 Å². The first kappa shape index (κ1) is 47.0. The molecule has 0 heterocycles. The maximum Gasteiger partial charge on any atom is 0.530 e. The Bertz CT molecular complexity index is 2210. The molecule has 10 nitrogen and oxygen atoms in total. The van der Waals surface area contributed by atoms with Crippen LogP contribution >= 0.6 is 29.0 Å². The first-order valence-corrected chi connectivity index (χ1v) is 23.3. The highest BCUT2D eigenvalue weighted by Crippen LogP contribution is 2.56. The summed E-state index contributed by atoms with van der Waals surface area (Å²) < 4.78 is 63.3. The average Bonchev–Trinajstić information content (AvgIpc) is 3.25. The van der Waals surface area contributed by atoms with Crippen LogP contribution in [0.15, 0.2) is 131 Å². The molecular formula is C50H56O10P2S. The molecule has 0 aliphatic rings. The Morgan fingerprint density at radius 3 is 0.857 bits per heavy atom. The molecule has 0 aromatic heterocycles. The molecule has 0 saturated heterocycles. The Hall–Kier alpha value is -5.47. The van der Waals surface area contributed by atoms with Crippen molar-refractivity contribution in [1.29, 1.82) is 0 Å². The monoisotopic (exact) mass is 910 g/mol. The summed E-state index contributed by atoms with van der Waals surface area (Å²) in [5.41, 5.74) is 3.27. The lowest BCUT2D eigenvalue weighted by Crippen LogP contribution is -2.16. The van der Waals surface area contributed by atoms with Gasteiger partial charge in [0.1, 0.15) is 11.5 Å². The van der Waals surface area contributed by atoms with Crippen LogP contribution in [0.25, 0.3) is 0 Å². The maximum absolute atomic E-state index is 7.07. The highest BCUT2D eigenvalue weighted by atomic mass is 32.2. The summed E-state index contributed by atoms with van der Waals surface area (Å²) in [7, 11) is 2.03. The van der Waals surface area contributed by atoms with E-state index in [2.05, 4.69) is 79.7 Å². The summed E-state index contributed by atoms with van der Waals surface area (Å²) in [6.45, 7) is 17.1. The fourth-order valence-corrected chi connectivity index (χ4v) is 9.91. The second-order valence-electron chi connectivity index (χ2n) is 16.5. The number of rotatable bonds is 18. The number of hydrogen-bond acceptors (Lipinski definition) is 11. The van der Waals surface area contributed by atoms with Crippen molar-refractivity contribution in [3.8, 4) is 57.5 Å². The molecule has 0 bridgehead atoms. The molecule has 0 aliphatic carbocycles. The summed E-state index contributed by atoms with van der Waals surface area (Å²) in [6.07, 6.45) is 0. The number of para-hydroxylation sites is 8. The van der Waals surface area contributed by atoms with Crippen LogP contribution in [0.2, 0.25) is 0 Å². The summed E-state index contributed by atoms with van der Waals surface area (Å²) in [5, 5.41) is 0. The predicted molar refractivity (Wildman–Crippen MR) is 253 cm³/mol. The molecule has 0 unspecified atom stereocenters. The Morgan fingerprint density at radius 2 is 0.619 bits per heavy atom. The zero-order valence-electron chi connectivity index (χ0n) is 37.9. The van der Waals surface area contributed by atoms with E-state index in [1.54, 1.807) is 28.4 Å². The molecule has 0 aliphatic heterocycles. The van der Waals surface area contributed by atoms with Gasteiger partial charge in [0.15, 0.2) is 46.0 Å². The van der Waals surface area contributed by atoms with E-state index in [4.69, 9.17) is 46.1 Å². The van der Waals surface area contributed by atoms with Gasteiger partial charge in [0.2, 0.25) is 0 Å². The van der Waals surface area contributed by atoms with Crippen molar-refractivity contribution in [3.63, 3.8) is 0 Å². The molecular weight excluding hydrogens is 855 g/mol. The average molecular weight is 911 g/mol. The van der Waals surface area contributed by atoms with Gasteiger partial charge in [-0.1, -0.05) is 114 Å². The van der Waals surface area contributed by atoms with Crippen molar-refractivity contribution in [2.75, 3.05) is 28.4 Å². The Balaban J connectivity index is 1.51. The topological polar surface area (TPSA) is 92.3 Å². The second-order valence-corrected chi connectivity index (χ2v) is 19.6. The van der Waals surface area contributed by atoms with E-state index in [0.717, 1.165) is 32.0 Å². The minimum Gasteiger partial charge on any atom is -0.493 e. The lowest BCUT2D eigenvalue weighted by Gasteiger charge is -2.29. The van der Waals surface area contributed by atoms with Gasteiger partial charge < -0.3 is 46.1 Å². The molecule has 0 spiro atoms. The number of hydrogen-bond donors (Lipinski definition) is 0. The number of benzene rings is 6. The van der Waals surface area contributed by atoms with Gasteiger partial charge in [-0.3, -0.25) is 0 Å². The maximum atomic E-state index is 7.07. The third kappa shape index (κ3) is 12.0. The first-order valence-electron chi connectivity index (χ1n) is 20.3. The highest BCUT2D eigenvalue weighted by molar-refractivity contribution is 7.99. The lowest BCUT2D eigenvalue weighted by atomic mass is 9.85. The van der Waals surface area contributed by atoms with Gasteiger partial charge in [-0.15, -0.1) is 0 Å². The van der Waals surface area contributed by atoms with Gasteiger partial charge in [0.25, 0.3) is 0 Å². The quantitative estimate of drug-likeness (QED) is 0.0772. The van der Waals surface area contributed by atoms with Crippen molar-refractivity contribution in [3.05, 3.63) is 144 Å². The Kier molecular flexibility index (Phi) is 15.5. The van der Waals surface area contributed by atoms with E-state index in [9.17, 15) is 0 Å². The zero-order valence-corrected chi connectivity index (χ0v) is 40.5. The van der Waals surface area contributed by atoms with Crippen LogP contribution in [0.1, 0.15) is 63.8 Å². The molecule has 0 N–H and O–H groups in total. The third-order valence-electron chi connectivity index (χ3n) is 9.53. The minimum absolute atomic E-state index is 0.367. The van der Waals surface area contributed by atoms with Crippen molar-refractivity contribution < 1.29 is 46.1 Å². The third-order valence-corrected chi connectivity index (χ3v) is 12.6. The SMILES string of the molecule is COc1ccccc1OP(Oc1ccccc1OC)Oc1c(Sc2cc(C)cc(C(C)(C)C)c2OP(Oc2ccccc2OC)Oc2ccccc2OC)cc(C)cc1C(C)(C)C. The van der Waals surface area contributed by atoms with Gasteiger partial charge in [0, 0.05) is 11.1 Å². The second kappa shape index (κ2) is 20.8. The van der Waals surface area contributed by atoms with E-state index in [1.807, 2.05) is 97.1 Å². The molecule has 0 atom stereocenters. The van der Waals surface area contributed by atoms with E-state index < -0.39 is 17.2 Å². The largest absolute Gasteiger partial charge is 0.530 e. The molecule has 0 fully saturated rings. The zero-order chi connectivity index (χ0) is 45.3. The standard InChI is InChI=1S/C50H56O10P2S/c1-33-29-35(49(3,4)5)47(59-61(55-41-25-17-13-21-37(41)51-9)56-42-26-18-14-22-38(42)52-10)45(31-33)63-46-32-34(2)30-36(50(6,7)8)48(46)60-62(57-43-27-19-15-23-39(43)53-11)58-44-28-20-16-24-40(44)54-12/h13-32H,1-12H3. The van der Waals surface area contributed by atoms with Gasteiger partial charge in [-0.2, -0.15) is 0 Å². The number of methoxy groups -OCH3 is 4. The molecule has 6 aromatic carbocycles. The van der Waals surface area contributed by atoms with Crippen LogP contribution in [0.4, 0.5) is 0 Å². The van der Waals surface area contributed by atoms with Gasteiger partial charge in [0.05, 0.1) is 38.2 Å². The summed E-state index contributed by atoms with van der Waals surface area (Å²) in [4.78, 5) is 1.63. The molecule has 13 heteroatoms. The molecule has 0 saturated carbocycles. The molecule has 0 radical (unpaired) electrons. The summed E-state index contributed by atoms with van der Waals surface area (Å²) >= 11 is 1.52. The normalized spacial score (nSPS) is 11.5. The molecule has 6 rings (SSSR count). The molecule has 0 amide bonds. The fourth-order valence-electron chi connectivity index (χ4n) is 6.41. The van der Waals surface area contributed by atoms with Gasteiger partial charge >= 0.3 is 17.2 Å². The van der Waals surface area contributed by atoms with Crippen LogP contribution in [0, 0.1) is 13.8 Å². The van der Waals surface area contributed by atoms with Crippen LogP contribution in [-0.2, 0) is 10.8 Å². The lowest BCUT2D eigenvalue weighted by molar-refractivity contribution is 0.343. The minimum atomic E-state index is -2.18. The Morgan fingerprint density at radius 1 is 0.365 bits per heavy atom. The van der Waals surface area contributed by atoms with Crippen molar-refractivity contribution in [1.82, 2.24) is 0 Å². The van der Waals surface area contributed by atoms with E-state index in [1.165, 1.54) is 11.8 Å². The van der Waals surface area contributed by atoms with Crippen LogP contribution in [0.3, 0.4) is 0 Å². The van der Waals surface area contributed by atoms with Crippen LogP contribution in [-0.4, -0.2) is 28.4 Å². The van der Waals surface area contributed by atoms with Crippen molar-refractivity contribution in [2.45, 2.75) is 76.0 Å². The molecule has 332 valence electrons. The molecule has 63 heavy (non-hydrogen) atoms. The van der Waals surface area contributed by atoms with E-state index in [0.29, 0.717) is 57.5 Å². The van der Waals surface area contributed by atoms with Gasteiger partial charge in [-0.05, 0) is 96.5 Å². The number of ether oxygens (including phenoxy) is 4. The smallest absolute Gasteiger partial charge is 0.493 e. The van der Waals surface area contributed by atoms with Crippen LogP contribution in [0.5, 0.6) is 57.5 Å². The first-order chi connectivity index (χ1) is 30.1. The predicted octanol–water partition coefficient (Wildman–Crippen LogP) is 14.6. The number of aryl methyl sites for hydroxylation is 2. The van der Waals surface area contributed by atoms with E-state index >= 15 is 0 Å². The van der Waals surface area contributed by atoms with Crippen molar-refractivity contribution in [2.24, 2.45) is 0 Å². The summed E-state index contributed by atoms with van der Waals surface area (Å²) in [6, 6.07) is 38.1. The van der Waals surface area contributed by atoms with Crippen LogP contribution < -0.4 is 46.1 Å². The van der Waals surface area contributed by atoms with E-state index in [-0.39, 0.29) is 10.8 Å². The highest BCUT2D eigenvalue weighted by Gasteiger charge is 2.33. The molecule has 6 aromatic rings. The Labute approximate surface area is 379 Å². The fraction of sp³-hybridized carbons (Fsp3) is 0.280.